The average Bonchev–Trinajstić information content (AvgIpc) is 2.24. The summed E-state index contributed by atoms with van der Waals surface area (Å²) in [5.74, 6) is 0. The SMILES string of the molecule is CCC(C)(CC=CC(C)(C)CC(C)(C)CO)CC(C)(C)C. The van der Waals surface area contributed by atoms with E-state index in [4.69, 9.17) is 0 Å². The minimum Gasteiger partial charge on any atom is -0.396 e. The van der Waals surface area contributed by atoms with Gasteiger partial charge in [-0.1, -0.05) is 80.9 Å². The number of hydrogen-bond acceptors (Lipinski definition) is 1. The highest BCUT2D eigenvalue weighted by Gasteiger charge is 2.29. The van der Waals surface area contributed by atoms with E-state index < -0.39 is 0 Å². The van der Waals surface area contributed by atoms with E-state index in [9.17, 15) is 5.11 Å². The van der Waals surface area contributed by atoms with Gasteiger partial charge in [-0.3, -0.25) is 0 Å². The van der Waals surface area contributed by atoms with E-state index in [-0.39, 0.29) is 17.4 Å². The van der Waals surface area contributed by atoms with E-state index in [2.05, 4.69) is 74.5 Å². The monoisotopic (exact) mass is 296 g/mol. The molecule has 0 spiro atoms. The van der Waals surface area contributed by atoms with Crippen molar-refractivity contribution in [3.8, 4) is 0 Å². The van der Waals surface area contributed by atoms with Crippen molar-refractivity contribution >= 4 is 0 Å². The Kier molecular flexibility index (Phi) is 7.20. The first-order valence-corrected chi connectivity index (χ1v) is 8.53. The van der Waals surface area contributed by atoms with Gasteiger partial charge in [-0.25, -0.2) is 0 Å². The first kappa shape index (κ1) is 20.7. The van der Waals surface area contributed by atoms with Crippen LogP contribution in [-0.4, -0.2) is 11.7 Å². The molecule has 0 aromatic rings. The van der Waals surface area contributed by atoms with Crippen LogP contribution in [0.25, 0.3) is 0 Å². The van der Waals surface area contributed by atoms with Gasteiger partial charge >= 0.3 is 0 Å². The minimum absolute atomic E-state index is 0.00664. The van der Waals surface area contributed by atoms with Gasteiger partial charge in [0.2, 0.25) is 0 Å². The van der Waals surface area contributed by atoms with Crippen molar-refractivity contribution in [2.75, 3.05) is 6.61 Å². The standard InChI is InChI=1S/C20H40O/c1-10-20(9,14-17(2,3)4)13-11-12-18(5,6)15-19(7,8)16-21/h11-12,21H,10,13-16H2,1-9H3. The maximum atomic E-state index is 9.45. The third kappa shape index (κ3) is 9.34. The molecule has 1 atom stereocenters. The third-order valence-corrected chi connectivity index (χ3v) is 4.35. The lowest BCUT2D eigenvalue weighted by atomic mass is 9.70. The van der Waals surface area contributed by atoms with Crippen LogP contribution in [0.1, 0.15) is 88.0 Å². The van der Waals surface area contributed by atoms with Crippen molar-refractivity contribution in [2.24, 2.45) is 21.7 Å². The highest BCUT2D eigenvalue weighted by molar-refractivity contribution is 4.99. The van der Waals surface area contributed by atoms with Gasteiger partial charge in [-0.2, -0.15) is 0 Å². The molecule has 0 radical (unpaired) electrons. The number of aliphatic hydroxyl groups excluding tert-OH is 1. The van der Waals surface area contributed by atoms with E-state index in [1.165, 1.54) is 12.8 Å². The Labute approximate surface area is 134 Å². The Morgan fingerprint density at radius 3 is 1.76 bits per heavy atom. The predicted octanol–water partition coefficient (Wildman–Crippen LogP) is 6.22. The van der Waals surface area contributed by atoms with Gasteiger partial charge in [0.15, 0.2) is 0 Å². The van der Waals surface area contributed by atoms with Crippen molar-refractivity contribution in [2.45, 2.75) is 88.0 Å². The molecule has 0 aromatic heterocycles. The number of rotatable bonds is 8. The molecule has 0 aliphatic heterocycles. The maximum absolute atomic E-state index is 9.45. The van der Waals surface area contributed by atoms with Crippen molar-refractivity contribution in [3.05, 3.63) is 12.2 Å². The molecule has 0 bridgehead atoms. The van der Waals surface area contributed by atoms with Gasteiger partial charge in [0.25, 0.3) is 0 Å². The Balaban J connectivity index is 4.73. The van der Waals surface area contributed by atoms with Gasteiger partial charge in [0.05, 0.1) is 0 Å². The summed E-state index contributed by atoms with van der Waals surface area (Å²) in [6.45, 7) is 20.8. The van der Waals surface area contributed by atoms with Crippen LogP contribution in [0.15, 0.2) is 12.2 Å². The molecule has 0 heterocycles. The fraction of sp³-hybridized carbons (Fsp3) is 0.900. The topological polar surface area (TPSA) is 20.2 Å². The first-order valence-electron chi connectivity index (χ1n) is 8.53. The molecule has 0 saturated carbocycles. The smallest absolute Gasteiger partial charge is 0.0482 e. The van der Waals surface area contributed by atoms with Crippen LogP contribution in [-0.2, 0) is 0 Å². The molecule has 0 fully saturated rings. The van der Waals surface area contributed by atoms with Crippen LogP contribution in [0.4, 0.5) is 0 Å². The van der Waals surface area contributed by atoms with Gasteiger partial charge in [-0.15, -0.1) is 0 Å². The van der Waals surface area contributed by atoms with E-state index in [1.54, 1.807) is 0 Å². The molecule has 0 aliphatic carbocycles. The Morgan fingerprint density at radius 1 is 0.857 bits per heavy atom. The van der Waals surface area contributed by atoms with Gasteiger partial charge in [-0.05, 0) is 40.9 Å². The van der Waals surface area contributed by atoms with Crippen molar-refractivity contribution in [1.29, 1.82) is 0 Å². The van der Waals surface area contributed by atoms with Gasteiger partial charge in [0.1, 0.15) is 0 Å². The summed E-state index contributed by atoms with van der Waals surface area (Å²) in [7, 11) is 0. The predicted molar refractivity (Wildman–Crippen MR) is 95.5 cm³/mol. The summed E-state index contributed by atoms with van der Waals surface area (Å²) in [4.78, 5) is 0. The summed E-state index contributed by atoms with van der Waals surface area (Å²) < 4.78 is 0. The number of allylic oxidation sites excluding steroid dienone is 2. The zero-order chi connectivity index (χ0) is 16.9. The van der Waals surface area contributed by atoms with E-state index in [0.29, 0.717) is 10.8 Å². The minimum atomic E-state index is -0.00664. The molecular weight excluding hydrogens is 256 g/mol. The summed E-state index contributed by atoms with van der Waals surface area (Å²) >= 11 is 0. The molecule has 1 nitrogen and oxygen atoms in total. The number of aliphatic hydroxyl groups is 1. The normalized spacial score (nSPS) is 17.2. The average molecular weight is 297 g/mol. The molecular formula is C20H40O. The zero-order valence-electron chi connectivity index (χ0n) is 16.1. The molecule has 0 saturated heterocycles. The second-order valence-corrected chi connectivity index (χ2v) is 10.00. The lowest BCUT2D eigenvalue weighted by molar-refractivity contribution is 0.119. The van der Waals surface area contributed by atoms with Crippen LogP contribution in [0, 0.1) is 21.7 Å². The maximum Gasteiger partial charge on any atom is 0.0482 e. The molecule has 0 amide bonds. The molecule has 21 heavy (non-hydrogen) atoms. The molecule has 1 heteroatoms. The Morgan fingerprint density at radius 2 is 1.38 bits per heavy atom. The molecule has 0 aliphatic rings. The second-order valence-electron chi connectivity index (χ2n) is 10.00. The third-order valence-electron chi connectivity index (χ3n) is 4.35. The molecule has 1 unspecified atom stereocenters. The molecule has 0 rings (SSSR count). The lowest BCUT2D eigenvalue weighted by Crippen LogP contribution is -2.25. The molecule has 0 aromatic carbocycles. The van der Waals surface area contributed by atoms with Gasteiger partial charge < -0.3 is 5.11 Å². The van der Waals surface area contributed by atoms with Crippen molar-refractivity contribution in [1.82, 2.24) is 0 Å². The second kappa shape index (κ2) is 7.31. The summed E-state index contributed by atoms with van der Waals surface area (Å²) in [6.07, 6.45) is 9.36. The molecule has 126 valence electrons. The first-order chi connectivity index (χ1) is 9.24. The van der Waals surface area contributed by atoms with Crippen LogP contribution in [0.2, 0.25) is 0 Å². The van der Waals surface area contributed by atoms with Crippen LogP contribution in [0.3, 0.4) is 0 Å². The van der Waals surface area contributed by atoms with E-state index in [0.717, 1.165) is 12.8 Å². The highest BCUT2D eigenvalue weighted by atomic mass is 16.3. The van der Waals surface area contributed by atoms with Crippen LogP contribution < -0.4 is 0 Å². The lowest BCUT2D eigenvalue weighted by Gasteiger charge is -2.35. The van der Waals surface area contributed by atoms with Crippen molar-refractivity contribution < 1.29 is 5.11 Å². The fourth-order valence-electron chi connectivity index (χ4n) is 3.63. The van der Waals surface area contributed by atoms with E-state index in [1.807, 2.05) is 0 Å². The van der Waals surface area contributed by atoms with Crippen molar-refractivity contribution in [3.63, 3.8) is 0 Å². The summed E-state index contributed by atoms with van der Waals surface area (Å²) in [5, 5.41) is 9.45. The Hall–Kier alpha value is -0.300. The zero-order valence-corrected chi connectivity index (χ0v) is 16.1. The summed E-state index contributed by atoms with van der Waals surface area (Å²) in [5.41, 5.74) is 0.903. The largest absolute Gasteiger partial charge is 0.396 e. The molecule has 1 N–H and O–H groups in total. The quantitative estimate of drug-likeness (QED) is 0.527. The summed E-state index contributed by atoms with van der Waals surface area (Å²) in [6, 6.07) is 0. The Bertz CT molecular complexity index is 330. The van der Waals surface area contributed by atoms with Gasteiger partial charge in [0, 0.05) is 6.61 Å². The number of hydrogen-bond donors (Lipinski definition) is 1. The fourth-order valence-corrected chi connectivity index (χ4v) is 3.63. The van der Waals surface area contributed by atoms with Crippen LogP contribution >= 0.6 is 0 Å². The van der Waals surface area contributed by atoms with Crippen LogP contribution in [0.5, 0.6) is 0 Å². The van der Waals surface area contributed by atoms with E-state index >= 15 is 0 Å². The highest BCUT2D eigenvalue weighted by Crippen LogP contribution is 2.40.